The molecule has 0 aromatic carbocycles. The molecular weight excluding hydrogens is 266 g/mol. The molecule has 5 heteroatoms. The number of ether oxygens (including phenoxy) is 1. The fourth-order valence-electron chi connectivity index (χ4n) is 2.80. The van der Waals surface area contributed by atoms with E-state index in [1.807, 2.05) is 18.8 Å². The van der Waals surface area contributed by atoms with Crippen molar-refractivity contribution in [2.45, 2.75) is 33.2 Å². The number of carbonyl (C=O) groups is 1. The Balaban J connectivity index is 2.37. The molecule has 1 heterocycles. The quantitative estimate of drug-likeness (QED) is 0.834. The highest BCUT2D eigenvalue weighted by Crippen LogP contribution is 2.40. The molecule has 1 aliphatic rings. The highest BCUT2D eigenvalue weighted by atomic mass is 16.5. The molecule has 5 nitrogen and oxygen atoms in total. The molecule has 0 saturated carbocycles. The normalized spacial score (nSPS) is 18.0. The lowest BCUT2D eigenvalue weighted by molar-refractivity contribution is -0.116. The third kappa shape index (κ3) is 3.73. The monoisotopic (exact) mass is 291 g/mol. The van der Waals surface area contributed by atoms with E-state index in [9.17, 15) is 4.79 Å². The standard InChI is InChI=1S/C16H25N3O2/c1-16(2)9-12(8-13(20)10-16)15-14(21-5)11-17-19(15)7-6-18(3)4/h8,11H,6-7,9-10H2,1-5H3. The number of allylic oxidation sites excluding steroid dienone is 2. The fraction of sp³-hybridized carbons (Fsp3) is 0.625. The van der Waals surface area contributed by atoms with Crippen LogP contribution in [-0.2, 0) is 11.3 Å². The number of methoxy groups -OCH3 is 1. The number of nitrogens with zero attached hydrogens (tertiary/aromatic N) is 3. The van der Waals surface area contributed by atoms with Crippen molar-refractivity contribution in [2.75, 3.05) is 27.7 Å². The topological polar surface area (TPSA) is 47.4 Å². The Kier molecular flexibility index (Phi) is 4.52. The van der Waals surface area contributed by atoms with Gasteiger partial charge in [-0.3, -0.25) is 9.48 Å². The van der Waals surface area contributed by atoms with Crippen molar-refractivity contribution in [1.82, 2.24) is 14.7 Å². The lowest BCUT2D eigenvalue weighted by atomic mass is 9.76. The molecule has 0 aliphatic heterocycles. The Hall–Kier alpha value is -1.62. The fourth-order valence-corrected chi connectivity index (χ4v) is 2.80. The summed E-state index contributed by atoms with van der Waals surface area (Å²) in [6.45, 7) is 5.93. The van der Waals surface area contributed by atoms with Crippen LogP contribution in [0.1, 0.15) is 32.4 Å². The third-order valence-corrected chi connectivity index (χ3v) is 3.75. The minimum atomic E-state index is -0.0111. The zero-order valence-electron chi connectivity index (χ0n) is 13.6. The maximum atomic E-state index is 12.0. The SMILES string of the molecule is COc1cnn(CCN(C)C)c1C1=CC(=O)CC(C)(C)C1. The number of hydrogen-bond acceptors (Lipinski definition) is 4. The smallest absolute Gasteiger partial charge is 0.164 e. The van der Waals surface area contributed by atoms with Crippen molar-refractivity contribution in [3.05, 3.63) is 18.0 Å². The van der Waals surface area contributed by atoms with Crippen molar-refractivity contribution in [3.8, 4) is 5.75 Å². The summed E-state index contributed by atoms with van der Waals surface area (Å²) in [4.78, 5) is 14.1. The van der Waals surface area contributed by atoms with Gasteiger partial charge in [0.1, 0.15) is 5.69 Å². The molecule has 0 unspecified atom stereocenters. The molecule has 0 N–H and O–H groups in total. The Morgan fingerprint density at radius 3 is 2.67 bits per heavy atom. The minimum absolute atomic E-state index is 0.0111. The van der Waals surface area contributed by atoms with Gasteiger partial charge in [0.05, 0.1) is 19.9 Å². The van der Waals surface area contributed by atoms with Gasteiger partial charge in [0.25, 0.3) is 0 Å². The average molecular weight is 291 g/mol. The summed E-state index contributed by atoms with van der Waals surface area (Å²) >= 11 is 0. The first-order chi connectivity index (χ1) is 9.82. The average Bonchev–Trinajstić information content (AvgIpc) is 2.76. The van der Waals surface area contributed by atoms with Gasteiger partial charge in [0.2, 0.25) is 0 Å². The first kappa shape index (κ1) is 15.8. The minimum Gasteiger partial charge on any atom is -0.493 e. The van der Waals surface area contributed by atoms with Crippen molar-refractivity contribution in [1.29, 1.82) is 0 Å². The summed E-state index contributed by atoms with van der Waals surface area (Å²) in [5.41, 5.74) is 1.97. The zero-order valence-corrected chi connectivity index (χ0v) is 13.6. The highest BCUT2D eigenvalue weighted by Gasteiger charge is 2.30. The second-order valence-corrected chi connectivity index (χ2v) is 6.74. The predicted octanol–water partition coefficient (Wildman–Crippen LogP) is 2.23. The number of rotatable bonds is 5. The van der Waals surface area contributed by atoms with Crippen LogP contribution >= 0.6 is 0 Å². The van der Waals surface area contributed by atoms with Crippen molar-refractivity contribution in [2.24, 2.45) is 5.41 Å². The van der Waals surface area contributed by atoms with Crippen LogP contribution in [0.3, 0.4) is 0 Å². The first-order valence-corrected chi connectivity index (χ1v) is 7.31. The van der Waals surface area contributed by atoms with E-state index in [0.29, 0.717) is 6.42 Å². The van der Waals surface area contributed by atoms with Crippen molar-refractivity contribution >= 4 is 11.4 Å². The zero-order chi connectivity index (χ0) is 15.6. The highest BCUT2D eigenvalue weighted by molar-refractivity contribution is 5.99. The van der Waals surface area contributed by atoms with E-state index in [4.69, 9.17) is 4.74 Å². The van der Waals surface area contributed by atoms with Gasteiger partial charge in [-0.2, -0.15) is 5.10 Å². The van der Waals surface area contributed by atoms with Crippen LogP contribution in [0.5, 0.6) is 5.75 Å². The van der Waals surface area contributed by atoms with Gasteiger partial charge in [-0.25, -0.2) is 0 Å². The van der Waals surface area contributed by atoms with Gasteiger partial charge in [0, 0.05) is 13.0 Å². The van der Waals surface area contributed by atoms with Crippen LogP contribution < -0.4 is 4.74 Å². The summed E-state index contributed by atoms with van der Waals surface area (Å²) in [5, 5.41) is 4.42. The Morgan fingerprint density at radius 2 is 2.10 bits per heavy atom. The summed E-state index contributed by atoms with van der Waals surface area (Å²) in [5.74, 6) is 0.925. The Bertz CT molecular complexity index is 556. The maximum absolute atomic E-state index is 12.0. The van der Waals surface area contributed by atoms with Crippen LogP contribution in [0.4, 0.5) is 0 Å². The molecule has 1 aromatic rings. The van der Waals surface area contributed by atoms with E-state index in [0.717, 1.165) is 36.5 Å². The van der Waals surface area contributed by atoms with Crippen LogP contribution in [0, 0.1) is 5.41 Å². The second kappa shape index (κ2) is 6.02. The number of carbonyl (C=O) groups excluding carboxylic acids is 1. The van der Waals surface area contributed by atoms with E-state index in [2.05, 4.69) is 23.8 Å². The largest absolute Gasteiger partial charge is 0.493 e. The molecule has 0 radical (unpaired) electrons. The lowest BCUT2D eigenvalue weighted by Gasteiger charge is -2.29. The van der Waals surface area contributed by atoms with Crippen LogP contribution in [0.25, 0.3) is 5.57 Å². The van der Waals surface area contributed by atoms with E-state index in [1.54, 1.807) is 19.4 Å². The molecule has 21 heavy (non-hydrogen) atoms. The van der Waals surface area contributed by atoms with Gasteiger partial charge < -0.3 is 9.64 Å². The van der Waals surface area contributed by atoms with E-state index in [-0.39, 0.29) is 11.2 Å². The van der Waals surface area contributed by atoms with Gasteiger partial charge in [0.15, 0.2) is 11.5 Å². The molecular formula is C16H25N3O2. The number of ketones is 1. The van der Waals surface area contributed by atoms with Gasteiger partial charge in [-0.15, -0.1) is 0 Å². The molecule has 116 valence electrons. The number of aromatic nitrogens is 2. The van der Waals surface area contributed by atoms with E-state index >= 15 is 0 Å². The summed E-state index contributed by atoms with van der Waals surface area (Å²) in [6, 6.07) is 0. The molecule has 0 fully saturated rings. The van der Waals surface area contributed by atoms with Crippen LogP contribution in [-0.4, -0.2) is 48.2 Å². The second-order valence-electron chi connectivity index (χ2n) is 6.74. The summed E-state index contributed by atoms with van der Waals surface area (Å²) in [6.07, 6.45) is 4.96. The molecule has 0 atom stereocenters. The number of likely N-dealkylation sites (N-methyl/N-ethyl adjacent to an activating group) is 1. The molecule has 0 spiro atoms. The Morgan fingerprint density at radius 1 is 1.38 bits per heavy atom. The van der Waals surface area contributed by atoms with Crippen molar-refractivity contribution < 1.29 is 9.53 Å². The number of hydrogen-bond donors (Lipinski definition) is 0. The molecule has 2 rings (SSSR count). The van der Waals surface area contributed by atoms with Crippen LogP contribution in [0.15, 0.2) is 12.3 Å². The molecule has 1 aliphatic carbocycles. The molecule has 0 amide bonds. The molecule has 0 bridgehead atoms. The molecule has 1 aromatic heterocycles. The summed E-state index contributed by atoms with van der Waals surface area (Å²) < 4.78 is 7.38. The lowest BCUT2D eigenvalue weighted by Crippen LogP contribution is -2.24. The van der Waals surface area contributed by atoms with Crippen LogP contribution in [0.2, 0.25) is 0 Å². The third-order valence-electron chi connectivity index (χ3n) is 3.75. The Labute approximate surface area is 126 Å². The summed E-state index contributed by atoms with van der Waals surface area (Å²) in [7, 11) is 5.72. The van der Waals surface area contributed by atoms with E-state index < -0.39 is 0 Å². The van der Waals surface area contributed by atoms with Gasteiger partial charge >= 0.3 is 0 Å². The first-order valence-electron chi connectivity index (χ1n) is 7.31. The molecule has 0 saturated heterocycles. The van der Waals surface area contributed by atoms with E-state index in [1.165, 1.54) is 0 Å². The predicted molar refractivity (Wildman–Crippen MR) is 83.3 cm³/mol. The maximum Gasteiger partial charge on any atom is 0.164 e. The van der Waals surface area contributed by atoms with Gasteiger partial charge in [-0.1, -0.05) is 13.8 Å². The van der Waals surface area contributed by atoms with Crippen molar-refractivity contribution in [3.63, 3.8) is 0 Å². The van der Waals surface area contributed by atoms with Gasteiger partial charge in [-0.05, 0) is 37.6 Å².